The first-order valence-electron chi connectivity index (χ1n) is 7.19. The molecular weight excluding hydrogens is 230 g/mol. The third kappa shape index (κ3) is 4.67. The van der Waals surface area contributed by atoms with Gasteiger partial charge in [0.25, 0.3) is 0 Å². The van der Waals surface area contributed by atoms with Crippen molar-refractivity contribution in [1.82, 2.24) is 4.90 Å². The fourth-order valence-corrected chi connectivity index (χ4v) is 2.53. The largest absolute Gasteiger partial charge is 0.480 e. The first-order chi connectivity index (χ1) is 8.66. The Bertz CT molecular complexity index is 278. The minimum atomic E-state index is -0.848. The third-order valence-corrected chi connectivity index (χ3v) is 3.60. The highest BCUT2D eigenvalue weighted by Crippen LogP contribution is 2.18. The molecule has 4 heteroatoms. The van der Waals surface area contributed by atoms with Crippen LogP contribution in [0.3, 0.4) is 0 Å². The summed E-state index contributed by atoms with van der Waals surface area (Å²) in [4.78, 5) is 24.3. The summed E-state index contributed by atoms with van der Waals surface area (Å²) in [6, 6.07) is -0.592. The summed E-state index contributed by atoms with van der Waals surface area (Å²) in [5.41, 5.74) is 0. The molecule has 0 radical (unpaired) electrons. The molecule has 1 saturated heterocycles. The SMILES string of the molecule is CCCCCCCCC(C(=O)O)N1CCCC1=O. The van der Waals surface area contributed by atoms with Gasteiger partial charge < -0.3 is 10.0 Å². The van der Waals surface area contributed by atoms with E-state index < -0.39 is 12.0 Å². The fraction of sp³-hybridized carbons (Fsp3) is 0.857. The van der Waals surface area contributed by atoms with Gasteiger partial charge in [0, 0.05) is 13.0 Å². The molecule has 1 fully saturated rings. The van der Waals surface area contributed by atoms with Gasteiger partial charge in [0.05, 0.1) is 0 Å². The zero-order valence-corrected chi connectivity index (χ0v) is 11.4. The van der Waals surface area contributed by atoms with Crippen molar-refractivity contribution in [2.75, 3.05) is 6.54 Å². The van der Waals surface area contributed by atoms with Crippen LogP contribution in [0.4, 0.5) is 0 Å². The van der Waals surface area contributed by atoms with Crippen molar-refractivity contribution in [3.63, 3.8) is 0 Å². The number of carboxylic acids is 1. The minimum Gasteiger partial charge on any atom is -0.480 e. The summed E-state index contributed by atoms with van der Waals surface area (Å²) in [5.74, 6) is -0.841. The molecule has 1 heterocycles. The van der Waals surface area contributed by atoms with Gasteiger partial charge in [0.2, 0.25) is 5.91 Å². The predicted octanol–water partition coefficient (Wildman–Crippen LogP) is 2.81. The quantitative estimate of drug-likeness (QED) is 0.644. The maximum absolute atomic E-state index is 11.6. The number of carboxylic acid groups (broad SMARTS) is 1. The van der Waals surface area contributed by atoms with Crippen molar-refractivity contribution in [2.45, 2.75) is 70.8 Å². The lowest BCUT2D eigenvalue weighted by Crippen LogP contribution is -2.41. The lowest BCUT2D eigenvalue weighted by atomic mass is 10.0. The van der Waals surface area contributed by atoms with Gasteiger partial charge >= 0.3 is 5.97 Å². The summed E-state index contributed by atoms with van der Waals surface area (Å²) < 4.78 is 0. The van der Waals surface area contributed by atoms with Crippen LogP contribution in [-0.4, -0.2) is 34.5 Å². The standard InChI is InChI=1S/C14H25NO3/c1-2-3-4-5-6-7-9-12(14(17)18)15-11-8-10-13(15)16/h12H,2-11H2,1H3,(H,17,18). The molecule has 4 nitrogen and oxygen atoms in total. The van der Waals surface area contributed by atoms with E-state index in [0.29, 0.717) is 19.4 Å². The molecule has 1 N–H and O–H groups in total. The van der Waals surface area contributed by atoms with Gasteiger partial charge in [-0.15, -0.1) is 0 Å². The Hall–Kier alpha value is -1.06. The summed E-state index contributed by atoms with van der Waals surface area (Å²) >= 11 is 0. The van der Waals surface area contributed by atoms with Crippen LogP contribution in [0.5, 0.6) is 0 Å². The molecule has 1 atom stereocenters. The number of hydrogen-bond donors (Lipinski definition) is 1. The van der Waals surface area contributed by atoms with Crippen LogP contribution in [0, 0.1) is 0 Å². The van der Waals surface area contributed by atoms with Gasteiger partial charge in [-0.1, -0.05) is 45.4 Å². The minimum absolute atomic E-state index is 0.00776. The van der Waals surface area contributed by atoms with Gasteiger partial charge in [-0.2, -0.15) is 0 Å². The Morgan fingerprint density at radius 1 is 1.28 bits per heavy atom. The van der Waals surface area contributed by atoms with Gasteiger partial charge in [-0.3, -0.25) is 4.79 Å². The number of amides is 1. The average Bonchev–Trinajstić information content (AvgIpc) is 2.74. The van der Waals surface area contributed by atoms with E-state index in [1.807, 2.05) is 0 Å². The highest BCUT2D eigenvalue weighted by Gasteiger charge is 2.31. The van der Waals surface area contributed by atoms with Gasteiger partial charge in [-0.05, 0) is 12.8 Å². The molecule has 18 heavy (non-hydrogen) atoms. The molecular formula is C14H25NO3. The highest BCUT2D eigenvalue weighted by atomic mass is 16.4. The van der Waals surface area contributed by atoms with E-state index in [9.17, 15) is 14.7 Å². The second-order valence-corrected chi connectivity index (χ2v) is 5.10. The maximum atomic E-state index is 11.6. The van der Waals surface area contributed by atoms with Crippen LogP contribution in [-0.2, 0) is 9.59 Å². The fourth-order valence-electron chi connectivity index (χ4n) is 2.53. The second kappa shape index (κ2) is 8.11. The number of hydrogen-bond acceptors (Lipinski definition) is 2. The van der Waals surface area contributed by atoms with E-state index in [1.54, 1.807) is 4.90 Å². The first kappa shape index (κ1) is 15.0. The monoisotopic (exact) mass is 255 g/mol. The van der Waals surface area contributed by atoms with Crippen LogP contribution in [0.25, 0.3) is 0 Å². The van der Waals surface area contributed by atoms with Crippen molar-refractivity contribution in [2.24, 2.45) is 0 Å². The van der Waals surface area contributed by atoms with E-state index in [0.717, 1.165) is 19.3 Å². The zero-order valence-electron chi connectivity index (χ0n) is 11.4. The van der Waals surface area contributed by atoms with Gasteiger partial charge in [-0.25, -0.2) is 4.79 Å². The van der Waals surface area contributed by atoms with Crippen molar-refractivity contribution < 1.29 is 14.7 Å². The summed E-state index contributed by atoms with van der Waals surface area (Å²) in [7, 11) is 0. The van der Waals surface area contributed by atoms with Gasteiger partial charge in [0.1, 0.15) is 6.04 Å². The molecule has 104 valence electrons. The summed E-state index contributed by atoms with van der Waals surface area (Å²) in [6.07, 6.45) is 8.79. The maximum Gasteiger partial charge on any atom is 0.326 e. The van der Waals surface area contributed by atoms with E-state index in [1.165, 1.54) is 25.7 Å². The van der Waals surface area contributed by atoms with Crippen LogP contribution < -0.4 is 0 Å². The number of unbranched alkanes of at least 4 members (excludes halogenated alkanes) is 5. The Balaban J connectivity index is 2.26. The van der Waals surface area contributed by atoms with E-state index >= 15 is 0 Å². The number of nitrogens with zero attached hydrogens (tertiary/aromatic N) is 1. The molecule has 1 unspecified atom stereocenters. The molecule has 0 spiro atoms. The molecule has 1 aliphatic heterocycles. The van der Waals surface area contributed by atoms with Crippen LogP contribution in [0.15, 0.2) is 0 Å². The number of carbonyl (C=O) groups excluding carboxylic acids is 1. The number of likely N-dealkylation sites (tertiary alicyclic amines) is 1. The Labute approximate surface area is 109 Å². The number of rotatable bonds is 9. The molecule has 0 aromatic carbocycles. The lowest BCUT2D eigenvalue weighted by molar-refractivity contribution is -0.148. The van der Waals surface area contributed by atoms with Crippen molar-refractivity contribution in [1.29, 1.82) is 0 Å². The normalized spacial score (nSPS) is 17.2. The Morgan fingerprint density at radius 3 is 2.50 bits per heavy atom. The van der Waals surface area contributed by atoms with Crippen molar-refractivity contribution in [3.05, 3.63) is 0 Å². The van der Waals surface area contributed by atoms with E-state index in [4.69, 9.17) is 0 Å². The molecule has 0 saturated carbocycles. The Morgan fingerprint density at radius 2 is 1.94 bits per heavy atom. The second-order valence-electron chi connectivity index (χ2n) is 5.10. The van der Waals surface area contributed by atoms with Gasteiger partial charge in [0.15, 0.2) is 0 Å². The van der Waals surface area contributed by atoms with Crippen LogP contribution >= 0.6 is 0 Å². The summed E-state index contributed by atoms with van der Waals surface area (Å²) in [6.45, 7) is 2.80. The Kier molecular flexibility index (Phi) is 6.76. The zero-order chi connectivity index (χ0) is 13.4. The van der Waals surface area contributed by atoms with Crippen LogP contribution in [0.2, 0.25) is 0 Å². The molecule has 1 amide bonds. The smallest absolute Gasteiger partial charge is 0.326 e. The molecule has 1 rings (SSSR count). The number of aliphatic carboxylic acids is 1. The first-order valence-corrected chi connectivity index (χ1v) is 7.19. The lowest BCUT2D eigenvalue weighted by Gasteiger charge is -2.24. The number of carbonyl (C=O) groups is 2. The topological polar surface area (TPSA) is 57.6 Å². The van der Waals surface area contributed by atoms with E-state index in [-0.39, 0.29) is 5.91 Å². The molecule has 0 bridgehead atoms. The molecule has 1 aliphatic rings. The van der Waals surface area contributed by atoms with Crippen molar-refractivity contribution >= 4 is 11.9 Å². The average molecular weight is 255 g/mol. The van der Waals surface area contributed by atoms with Crippen LogP contribution in [0.1, 0.15) is 64.7 Å². The highest BCUT2D eigenvalue weighted by molar-refractivity contribution is 5.84. The molecule has 0 aliphatic carbocycles. The predicted molar refractivity (Wildman–Crippen MR) is 70.4 cm³/mol. The van der Waals surface area contributed by atoms with Crippen molar-refractivity contribution in [3.8, 4) is 0 Å². The summed E-state index contributed by atoms with van der Waals surface area (Å²) in [5, 5.41) is 9.20. The third-order valence-electron chi connectivity index (χ3n) is 3.60. The molecule has 0 aromatic heterocycles. The molecule has 0 aromatic rings. The van der Waals surface area contributed by atoms with E-state index in [2.05, 4.69) is 6.92 Å².